The second-order valence-corrected chi connectivity index (χ2v) is 4.41. The third-order valence-electron chi connectivity index (χ3n) is 3.22. The molecule has 2 aromatic carbocycles. The molecule has 0 aromatic heterocycles. The average molecular weight is 296 g/mol. The zero-order chi connectivity index (χ0) is 16.3. The molecule has 0 radical (unpaired) electrons. The van der Waals surface area contributed by atoms with E-state index in [0.29, 0.717) is 11.1 Å². The topological polar surface area (TPSA) is 122 Å². The molecule has 0 unspecified atom stereocenters. The molecule has 0 heterocycles. The molecular weight excluding hydrogens is 284 g/mol. The van der Waals surface area contributed by atoms with Gasteiger partial charge in [0.2, 0.25) is 5.91 Å². The lowest BCUT2D eigenvalue weighted by atomic mass is 9.94. The summed E-state index contributed by atoms with van der Waals surface area (Å²) in [5, 5.41) is 23.1. The predicted octanol–water partition coefficient (Wildman–Crippen LogP) is 2.27. The quantitative estimate of drug-likeness (QED) is 0.662. The number of carbonyl (C=O) groups is 1. The van der Waals surface area contributed by atoms with Gasteiger partial charge in [-0.25, -0.2) is 0 Å². The first-order valence-corrected chi connectivity index (χ1v) is 6.29. The SMILES string of the molecule is CNc1c([N+](=O)[O-])ccc(-c2ccccc2C(N)=O)c1C#N. The number of nitro groups is 1. The first kappa shape index (κ1) is 15.0. The minimum Gasteiger partial charge on any atom is -0.381 e. The molecule has 0 fully saturated rings. The number of anilines is 1. The van der Waals surface area contributed by atoms with Gasteiger partial charge in [0.25, 0.3) is 5.69 Å². The summed E-state index contributed by atoms with van der Waals surface area (Å²) in [5.74, 6) is -0.635. The molecule has 1 amide bonds. The summed E-state index contributed by atoms with van der Waals surface area (Å²) in [6.45, 7) is 0. The Morgan fingerprint density at radius 3 is 2.50 bits per heavy atom. The van der Waals surface area contributed by atoms with Crippen molar-refractivity contribution in [2.45, 2.75) is 0 Å². The van der Waals surface area contributed by atoms with E-state index in [1.54, 1.807) is 24.3 Å². The summed E-state index contributed by atoms with van der Waals surface area (Å²) in [4.78, 5) is 22.0. The summed E-state index contributed by atoms with van der Waals surface area (Å²) < 4.78 is 0. The minimum absolute atomic E-state index is 0.0883. The maximum atomic E-state index is 11.5. The van der Waals surface area contributed by atoms with Crippen molar-refractivity contribution in [1.29, 1.82) is 5.26 Å². The van der Waals surface area contributed by atoms with E-state index in [4.69, 9.17) is 5.73 Å². The number of nitrogens with one attached hydrogen (secondary N) is 1. The summed E-state index contributed by atoms with van der Waals surface area (Å²) in [6, 6.07) is 11.2. The van der Waals surface area contributed by atoms with Crippen LogP contribution >= 0.6 is 0 Å². The van der Waals surface area contributed by atoms with Crippen molar-refractivity contribution < 1.29 is 9.72 Å². The van der Waals surface area contributed by atoms with Crippen molar-refractivity contribution >= 4 is 17.3 Å². The molecule has 0 atom stereocenters. The Balaban J connectivity index is 2.81. The van der Waals surface area contributed by atoms with Crippen molar-refractivity contribution in [2.24, 2.45) is 5.73 Å². The smallest absolute Gasteiger partial charge is 0.293 e. The highest BCUT2D eigenvalue weighted by atomic mass is 16.6. The number of hydrogen-bond acceptors (Lipinski definition) is 5. The number of primary amides is 1. The van der Waals surface area contributed by atoms with Crippen molar-refractivity contribution in [2.75, 3.05) is 12.4 Å². The standard InChI is InChI=1S/C15H12N4O3/c1-18-14-12(8-16)10(6-7-13(14)19(21)22)9-4-2-3-5-11(9)15(17)20/h2-7,18H,1H3,(H2,17,20). The maximum absolute atomic E-state index is 11.5. The predicted molar refractivity (Wildman–Crippen MR) is 81.3 cm³/mol. The second-order valence-electron chi connectivity index (χ2n) is 4.41. The highest BCUT2D eigenvalue weighted by Gasteiger charge is 2.22. The van der Waals surface area contributed by atoms with Crippen LogP contribution in [0.1, 0.15) is 15.9 Å². The van der Waals surface area contributed by atoms with Crippen LogP contribution in [-0.2, 0) is 0 Å². The molecule has 0 bridgehead atoms. The molecule has 0 saturated heterocycles. The molecule has 7 heteroatoms. The van der Waals surface area contributed by atoms with Crippen LogP contribution in [0.5, 0.6) is 0 Å². The van der Waals surface area contributed by atoms with E-state index in [9.17, 15) is 20.2 Å². The molecule has 0 aliphatic carbocycles. The molecule has 0 aliphatic heterocycles. The van der Waals surface area contributed by atoms with E-state index in [0.717, 1.165) is 0 Å². The monoisotopic (exact) mass is 296 g/mol. The Kier molecular flexibility index (Phi) is 4.04. The minimum atomic E-state index is -0.635. The lowest BCUT2D eigenvalue weighted by Gasteiger charge is -2.12. The van der Waals surface area contributed by atoms with Gasteiger partial charge in [-0.2, -0.15) is 5.26 Å². The van der Waals surface area contributed by atoms with Crippen LogP contribution in [0.4, 0.5) is 11.4 Å². The Labute approximate surface area is 126 Å². The lowest BCUT2D eigenvalue weighted by molar-refractivity contribution is -0.383. The van der Waals surface area contributed by atoms with Crippen molar-refractivity contribution in [1.82, 2.24) is 0 Å². The molecule has 110 valence electrons. The van der Waals surface area contributed by atoms with E-state index < -0.39 is 10.8 Å². The summed E-state index contributed by atoms with van der Waals surface area (Å²) >= 11 is 0. The van der Waals surface area contributed by atoms with Crippen LogP contribution in [0.3, 0.4) is 0 Å². The highest BCUT2D eigenvalue weighted by molar-refractivity contribution is 6.01. The number of hydrogen-bond donors (Lipinski definition) is 2. The van der Waals surface area contributed by atoms with Gasteiger partial charge >= 0.3 is 0 Å². The van der Waals surface area contributed by atoms with Crippen LogP contribution in [0, 0.1) is 21.4 Å². The van der Waals surface area contributed by atoms with Crippen LogP contribution in [0.2, 0.25) is 0 Å². The summed E-state index contributed by atoms with van der Waals surface area (Å²) in [5.41, 5.74) is 6.44. The number of nitriles is 1. The van der Waals surface area contributed by atoms with Crippen LogP contribution < -0.4 is 11.1 Å². The van der Waals surface area contributed by atoms with E-state index in [2.05, 4.69) is 5.32 Å². The summed E-state index contributed by atoms with van der Waals surface area (Å²) in [6.07, 6.45) is 0. The van der Waals surface area contributed by atoms with Crippen molar-refractivity contribution in [3.05, 3.63) is 57.6 Å². The van der Waals surface area contributed by atoms with Gasteiger partial charge in [-0.1, -0.05) is 18.2 Å². The van der Waals surface area contributed by atoms with Gasteiger partial charge < -0.3 is 11.1 Å². The molecule has 2 rings (SSSR count). The average Bonchev–Trinajstić information content (AvgIpc) is 2.52. The number of nitro benzene ring substituents is 1. The Bertz CT molecular complexity index is 809. The number of benzene rings is 2. The Morgan fingerprint density at radius 1 is 1.27 bits per heavy atom. The van der Waals surface area contributed by atoms with Gasteiger partial charge in [0.05, 0.1) is 10.5 Å². The van der Waals surface area contributed by atoms with Gasteiger partial charge in [-0.05, 0) is 17.7 Å². The van der Waals surface area contributed by atoms with Crippen molar-refractivity contribution in [3.8, 4) is 17.2 Å². The normalized spacial score (nSPS) is 9.82. The largest absolute Gasteiger partial charge is 0.381 e. The third kappa shape index (κ3) is 2.45. The van der Waals surface area contributed by atoms with Crippen LogP contribution in [0.15, 0.2) is 36.4 Å². The van der Waals surface area contributed by atoms with Gasteiger partial charge in [0.1, 0.15) is 11.8 Å². The molecule has 22 heavy (non-hydrogen) atoms. The van der Waals surface area contributed by atoms with E-state index >= 15 is 0 Å². The zero-order valence-corrected chi connectivity index (χ0v) is 11.7. The van der Waals surface area contributed by atoms with Gasteiger partial charge in [-0.3, -0.25) is 14.9 Å². The van der Waals surface area contributed by atoms with Crippen LogP contribution in [0.25, 0.3) is 11.1 Å². The fourth-order valence-electron chi connectivity index (χ4n) is 2.27. The van der Waals surface area contributed by atoms with E-state index in [1.165, 1.54) is 19.2 Å². The molecular formula is C15H12N4O3. The highest BCUT2D eigenvalue weighted by Crippen LogP contribution is 2.36. The molecule has 7 nitrogen and oxygen atoms in total. The second kappa shape index (κ2) is 5.93. The number of nitrogens with two attached hydrogens (primary N) is 1. The fraction of sp³-hybridized carbons (Fsp3) is 0.0667. The number of nitrogens with zero attached hydrogens (tertiary/aromatic N) is 2. The van der Waals surface area contributed by atoms with Crippen LogP contribution in [-0.4, -0.2) is 17.9 Å². The Hall–Kier alpha value is -3.40. The van der Waals surface area contributed by atoms with Gasteiger partial charge in [0, 0.05) is 24.2 Å². The maximum Gasteiger partial charge on any atom is 0.293 e. The number of carbonyl (C=O) groups excluding carboxylic acids is 1. The lowest BCUT2D eigenvalue weighted by Crippen LogP contribution is -2.12. The number of rotatable bonds is 4. The first-order valence-electron chi connectivity index (χ1n) is 6.29. The van der Waals surface area contributed by atoms with E-state index in [-0.39, 0.29) is 22.5 Å². The number of amides is 1. The third-order valence-corrected chi connectivity index (χ3v) is 3.22. The zero-order valence-electron chi connectivity index (χ0n) is 11.7. The molecule has 0 saturated carbocycles. The van der Waals surface area contributed by atoms with Crippen molar-refractivity contribution in [3.63, 3.8) is 0 Å². The fourth-order valence-corrected chi connectivity index (χ4v) is 2.27. The van der Waals surface area contributed by atoms with E-state index in [1.807, 2.05) is 6.07 Å². The first-order chi connectivity index (χ1) is 10.5. The summed E-state index contributed by atoms with van der Waals surface area (Å²) in [7, 11) is 1.49. The van der Waals surface area contributed by atoms with Gasteiger partial charge in [0.15, 0.2) is 0 Å². The molecule has 2 aromatic rings. The molecule has 0 spiro atoms. The van der Waals surface area contributed by atoms with Gasteiger partial charge in [-0.15, -0.1) is 0 Å². The molecule has 0 aliphatic rings. The molecule has 3 N–H and O–H groups in total. The Morgan fingerprint density at radius 2 is 1.95 bits per heavy atom.